The van der Waals surface area contributed by atoms with Crippen LogP contribution in [0.5, 0.6) is 5.75 Å². The quantitative estimate of drug-likeness (QED) is 0.186. The summed E-state index contributed by atoms with van der Waals surface area (Å²) in [7, 11) is 1.58. The van der Waals surface area contributed by atoms with Gasteiger partial charge in [-0.1, -0.05) is 53.7 Å². The van der Waals surface area contributed by atoms with Crippen molar-refractivity contribution < 1.29 is 14.2 Å². The Morgan fingerprint density at radius 1 is 1.14 bits per heavy atom. The highest BCUT2D eigenvalue weighted by Crippen LogP contribution is 2.27. The van der Waals surface area contributed by atoms with E-state index >= 15 is 0 Å². The summed E-state index contributed by atoms with van der Waals surface area (Å²) in [5, 5.41) is 21.6. The Morgan fingerprint density at radius 2 is 1.94 bits per heavy atom. The molecule has 12 heteroatoms. The number of rotatable bonds is 8. The van der Waals surface area contributed by atoms with Crippen LogP contribution in [0.25, 0.3) is 16.6 Å². The lowest BCUT2D eigenvalue weighted by Gasteiger charge is -2.08. The molecule has 5 aromatic rings. The topological polar surface area (TPSA) is 146 Å². The third-order valence-electron chi connectivity index (χ3n) is 5.30. The fourth-order valence-corrected chi connectivity index (χ4v) is 4.49. The lowest BCUT2D eigenvalue weighted by Crippen LogP contribution is -2.20. The number of hydrogen-bond acceptors (Lipinski definition) is 10. The van der Waals surface area contributed by atoms with Gasteiger partial charge in [-0.15, -0.1) is 16.9 Å². The average molecular weight is 501 g/mol. The summed E-state index contributed by atoms with van der Waals surface area (Å²) in [4.78, 5) is 14.1. The monoisotopic (exact) mass is 500 g/mol. The van der Waals surface area contributed by atoms with Crippen LogP contribution in [0.2, 0.25) is 0 Å². The molecule has 3 N–H and O–H groups in total. The zero-order valence-corrected chi connectivity index (χ0v) is 19.8. The van der Waals surface area contributed by atoms with Gasteiger partial charge in [0.05, 0.1) is 19.0 Å². The minimum Gasteiger partial charge on any atom is -0.496 e. The molecule has 11 nitrogen and oxygen atoms in total. The van der Waals surface area contributed by atoms with Crippen LogP contribution in [0.1, 0.15) is 21.7 Å². The van der Waals surface area contributed by atoms with Crippen molar-refractivity contribution in [2.24, 2.45) is 5.10 Å². The smallest absolute Gasteiger partial charge is 0.293 e. The number of carbonyl (C=O) groups excluding carboxylic acids is 1. The van der Waals surface area contributed by atoms with Crippen LogP contribution in [0, 0.1) is 0 Å². The van der Waals surface area contributed by atoms with Crippen molar-refractivity contribution in [3.8, 4) is 11.6 Å². The van der Waals surface area contributed by atoms with Gasteiger partial charge in [-0.2, -0.15) is 9.78 Å². The molecule has 0 aliphatic rings. The number of fused-ring (bicyclic) bond motifs is 1. The molecule has 0 aliphatic carbocycles. The number of nitrogens with two attached hydrogens (primary N) is 1. The molecule has 0 atom stereocenters. The van der Waals surface area contributed by atoms with E-state index < -0.39 is 5.91 Å². The average Bonchev–Trinajstić information content (AvgIpc) is 3.53. The van der Waals surface area contributed by atoms with Gasteiger partial charge in [0.15, 0.2) is 5.69 Å². The van der Waals surface area contributed by atoms with E-state index in [1.807, 2.05) is 66.7 Å². The van der Waals surface area contributed by atoms with E-state index in [0.29, 0.717) is 17.2 Å². The number of methoxy groups -OCH3 is 1. The SMILES string of the molecule is COc1ccc2ccccc2c1C=NNC(=O)c1nnn(-c2nonc2N)c1CSc1ccccc1. The Bertz CT molecular complexity index is 1550. The van der Waals surface area contributed by atoms with E-state index in [1.165, 1.54) is 16.4 Å². The minimum absolute atomic E-state index is 0.0268. The summed E-state index contributed by atoms with van der Waals surface area (Å²) in [6.07, 6.45) is 1.54. The number of benzene rings is 3. The van der Waals surface area contributed by atoms with Gasteiger partial charge in [0, 0.05) is 16.2 Å². The lowest BCUT2D eigenvalue weighted by molar-refractivity contribution is 0.0949. The molecular formula is C24H20N8O3S. The number of carbonyl (C=O) groups is 1. The van der Waals surface area contributed by atoms with Gasteiger partial charge < -0.3 is 10.5 Å². The second kappa shape index (κ2) is 10.3. The van der Waals surface area contributed by atoms with Crippen LogP contribution in [0.3, 0.4) is 0 Å². The number of anilines is 1. The molecule has 0 fully saturated rings. The van der Waals surface area contributed by atoms with Crippen LogP contribution < -0.4 is 15.9 Å². The summed E-state index contributed by atoms with van der Waals surface area (Å²) < 4.78 is 11.5. The zero-order valence-electron chi connectivity index (χ0n) is 19.0. The number of amides is 1. The van der Waals surface area contributed by atoms with Crippen molar-refractivity contribution >= 4 is 40.5 Å². The Balaban J connectivity index is 1.43. The number of nitrogens with one attached hydrogen (secondary N) is 1. The third kappa shape index (κ3) is 4.61. The minimum atomic E-state index is -0.546. The molecule has 0 bridgehead atoms. The highest BCUT2D eigenvalue weighted by molar-refractivity contribution is 7.98. The number of nitrogens with zero attached hydrogens (tertiary/aromatic N) is 6. The van der Waals surface area contributed by atoms with Crippen LogP contribution >= 0.6 is 11.8 Å². The molecule has 3 aromatic carbocycles. The number of thioether (sulfide) groups is 1. The molecule has 0 saturated carbocycles. The predicted octanol–water partition coefficient (Wildman–Crippen LogP) is 3.45. The van der Waals surface area contributed by atoms with Crippen molar-refractivity contribution in [3.05, 3.63) is 83.7 Å². The summed E-state index contributed by atoms with van der Waals surface area (Å²) in [6.45, 7) is 0. The number of ether oxygens (including phenoxy) is 1. The van der Waals surface area contributed by atoms with E-state index in [1.54, 1.807) is 13.3 Å². The Hall–Kier alpha value is -4.71. The third-order valence-corrected chi connectivity index (χ3v) is 6.33. The van der Waals surface area contributed by atoms with E-state index in [0.717, 1.165) is 21.2 Å². The highest BCUT2D eigenvalue weighted by Gasteiger charge is 2.24. The Kier molecular flexibility index (Phi) is 6.58. The van der Waals surface area contributed by atoms with Crippen molar-refractivity contribution in [1.82, 2.24) is 30.7 Å². The maximum absolute atomic E-state index is 13.1. The molecule has 2 aromatic heterocycles. The molecule has 5 rings (SSSR count). The van der Waals surface area contributed by atoms with E-state index in [9.17, 15) is 4.79 Å². The summed E-state index contributed by atoms with van der Waals surface area (Å²) in [6, 6.07) is 21.4. The second-order valence-corrected chi connectivity index (χ2v) is 8.52. The first kappa shape index (κ1) is 23.1. The van der Waals surface area contributed by atoms with Crippen molar-refractivity contribution in [2.75, 3.05) is 12.8 Å². The van der Waals surface area contributed by atoms with E-state index in [4.69, 9.17) is 15.1 Å². The van der Waals surface area contributed by atoms with Gasteiger partial charge in [0.1, 0.15) is 5.75 Å². The van der Waals surface area contributed by atoms with Crippen molar-refractivity contribution in [2.45, 2.75) is 10.6 Å². The molecule has 180 valence electrons. The van der Waals surface area contributed by atoms with Gasteiger partial charge in [-0.3, -0.25) is 4.79 Å². The van der Waals surface area contributed by atoms with Crippen molar-refractivity contribution in [1.29, 1.82) is 0 Å². The molecule has 0 unspecified atom stereocenters. The van der Waals surface area contributed by atoms with Gasteiger partial charge >= 0.3 is 0 Å². The zero-order chi connectivity index (χ0) is 24.9. The molecule has 0 saturated heterocycles. The number of hydrogen-bond donors (Lipinski definition) is 2. The van der Waals surface area contributed by atoms with Crippen LogP contribution in [0.4, 0.5) is 5.82 Å². The van der Waals surface area contributed by atoms with Gasteiger partial charge in [-0.25, -0.2) is 10.1 Å². The van der Waals surface area contributed by atoms with E-state index in [2.05, 4.69) is 31.2 Å². The number of nitrogen functional groups attached to an aromatic ring is 1. The fourth-order valence-electron chi connectivity index (χ4n) is 3.58. The van der Waals surface area contributed by atoms with Gasteiger partial charge in [0.2, 0.25) is 11.6 Å². The molecule has 0 spiro atoms. The first-order chi connectivity index (χ1) is 17.7. The summed E-state index contributed by atoms with van der Waals surface area (Å²) in [5.41, 5.74) is 9.66. The lowest BCUT2D eigenvalue weighted by atomic mass is 10.0. The molecular weight excluding hydrogens is 480 g/mol. The van der Waals surface area contributed by atoms with Gasteiger partial charge in [0.25, 0.3) is 5.91 Å². The molecule has 0 aliphatic heterocycles. The largest absolute Gasteiger partial charge is 0.496 e. The number of aromatic nitrogens is 5. The van der Waals surface area contributed by atoms with Crippen LogP contribution in [-0.4, -0.2) is 44.5 Å². The molecule has 36 heavy (non-hydrogen) atoms. The maximum Gasteiger partial charge on any atom is 0.293 e. The fraction of sp³-hybridized carbons (Fsp3) is 0.0833. The Morgan fingerprint density at radius 3 is 2.72 bits per heavy atom. The maximum atomic E-state index is 13.1. The molecule has 1 amide bonds. The first-order valence-corrected chi connectivity index (χ1v) is 11.7. The van der Waals surface area contributed by atoms with Crippen LogP contribution in [-0.2, 0) is 5.75 Å². The highest BCUT2D eigenvalue weighted by atomic mass is 32.2. The summed E-state index contributed by atoms with van der Waals surface area (Å²) in [5.74, 6) is 0.613. The molecule has 2 heterocycles. The first-order valence-electron chi connectivity index (χ1n) is 10.8. The van der Waals surface area contributed by atoms with Gasteiger partial charge in [-0.05, 0) is 39.3 Å². The summed E-state index contributed by atoms with van der Waals surface area (Å²) >= 11 is 1.50. The van der Waals surface area contributed by atoms with Crippen LogP contribution in [0.15, 0.2) is 81.4 Å². The molecule has 0 radical (unpaired) electrons. The standard InChI is InChI=1S/C24H20N8O3S/c1-34-20-12-11-15-7-5-6-10-17(15)18(20)13-26-28-24(33)21-19(14-36-16-8-3-2-4-9-16)32(31-27-21)23-22(25)29-35-30-23/h2-13H,14H2,1H3,(H2,25,29)(H,28,33). The second-order valence-electron chi connectivity index (χ2n) is 7.47. The normalized spacial score (nSPS) is 11.2. The predicted molar refractivity (Wildman–Crippen MR) is 135 cm³/mol. The van der Waals surface area contributed by atoms with E-state index in [-0.39, 0.29) is 17.3 Å². The Labute approximate surface area is 209 Å². The van der Waals surface area contributed by atoms with Crippen molar-refractivity contribution in [3.63, 3.8) is 0 Å². The number of hydrazone groups is 1.